The van der Waals surface area contributed by atoms with E-state index in [4.69, 9.17) is 9.47 Å². The predicted molar refractivity (Wildman–Crippen MR) is 154 cm³/mol. The second kappa shape index (κ2) is 12.6. The topological polar surface area (TPSA) is 88.1 Å². The van der Waals surface area contributed by atoms with E-state index in [9.17, 15) is 41.0 Å². The smallest absolute Gasteiger partial charge is 0.430 e. The van der Waals surface area contributed by atoms with Crippen LogP contribution in [0.1, 0.15) is 74.8 Å². The van der Waals surface area contributed by atoms with Gasteiger partial charge in [-0.1, -0.05) is 24.3 Å². The van der Waals surface area contributed by atoms with E-state index in [-0.39, 0.29) is 54.5 Å². The van der Waals surface area contributed by atoms with Crippen LogP contribution >= 0.6 is 0 Å². The number of imide groups is 1. The maximum atomic E-state index is 13.8. The molecular weight excluding hydrogens is 606 g/mol. The summed E-state index contributed by atoms with van der Waals surface area (Å²) >= 11 is 0. The number of ether oxygens (including phenoxy) is 2. The monoisotopic (exact) mass is 642 g/mol. The molecule has 1 atom stereocenters. The van der Waals surface area contributed by atoms with Crippen LogP contribution in [0.25, 0.3) is 6.08 Å². The summed E-state index contributed by atoms with van der Waals surface area (Å²) in [6.45, 7) is 7.03. The van der Waals surface area contributed by atoms with Crippen LogP contribution in [0.3, 0.4) is 0 Å². The second-order valence-electron chi connectivity index (χ2n) is 11.6. The molecular formula is C32H36F6N2O5. The molecule has 13 heteroatoms. The number of fused-ring (bicyclic) bond motifs is 1. The van der Waals surface area contributed by atoms with Crippen molar-refractivity contribution in [2.45, 2.75) is 89.4 Å². The molecule has 0 saturated carbocycles. The first-order chi connectivity index (χ1) is 21.0. The molecule has 0 bridgehead atoms. The first-order valence-electron chi connectivity index (χ1n) is 14.7. The molecule has 0 spiro atoms. The summed E-state index contributed by atoms with van der Waals surface area (Å²) in [5.74, 6) is 0.347. The Balaban J connectivity index is 1.46. The van der Waals surface area contributed by atoms with Gasteiger partial charge in [-0.05, 0) is 94.7 Å². The number of nitrogens with one attached hydrogen (secondary N) is 1. The SMILES string of the molecule is C/C=C\c1cc(C(O)(C(F)(F)F)C(F)(F)F)c2c(c1OCCCCN1C(=O)NC(C)(c3ccc(OC(C)C)cc3)C1=O)CCC2. The summed E-state index contributed by atoms with van der Waals surface area (Å²) < 4.78 is 94.1. The number of alkyl halides is 6. The van der Waals surface area contributed by atoms with Crippen LogP contribution in [0.2, 0.25) is 0 Å². The summed E-state index contributed by atoms with van der Waals surface area (Å²) in [5, 5.41) is 12.9. The molecule has 2 aromatic rings. The Morgan fingerprint density at radius 1 is 1.02 bits per heavy atom. The summed E-state index contributed by atoms with van der Waals surface area (Å²) in [5.41, 5.74) is -7.01. The normalized spacial score (nSPS) is 19.1. The molecule has 1 aliphatic carbocycles. The first kappa shape index (κ1) is 34.1. The number of hydrogen-bond acceptors (Lipinski definition) is 5. The fraction of sp³-hybridized carbons (Fsp3) is 0.500. The highest BCUT2D eigenvalue weighted by molar-refractivity contribution is 6.07. The Hall–Kier alpha value is -3.74. The number of carbonyl (C=O) groups excluding carboxylic acids is 2. The minimum Gasteiger partial charge on any atom is -0.493 e. The van der Waals surface area contributed by atoms with E-state index in [1.165, 1.54) is 12.2 Å². The summed E-state index contributed by atoms with van der Waals surface area (Å²) in [6.07, 6.45) is -8.19. The van der Waals surface area contributed by atoms with Crippen molar-refractivity contribution in [2.75, 3.05) is 13.2 Å². The van der Waals surface area contributed by atoms with Crippen molar-refractivity contribution in [2.24, 2.45) is 0 Å². The lowest BCUT2D eigenvalue weighted by Crippen LogP contribution is -2.54. The van der Waals surface area contributed by atoms with Gasteiger partial charge in [0.1, 0.15) is 17.0 Å². The first-order valence-corrected chi connectivity index (χ1v) is 14.7. The second-order valence-corrected chi connectivity index (χ2v) is 11.6. The number of aliphatic hydroxyl groups is 1. The molecule has 0 aromatic heterocycles. The fourth-order valence-electron chi connectivity index (χ4n) is 5.82. The van der Waals surface area contributed by atoms with Crippen LogP contribution in [-0.4, -0.2) is 53.6 Å². The van der Waals surface area contributed by atoms with Gasteiger partial charge < -0.3 is 19.9 Å². The van der Waals surface area contributed by atoms with E-state index in [1.807, 2.05) is 13.8 Å². The third-order valence-corrected chi connectivity index (χ3v) is 8.04. The zero-order chi connectivity index (χ0) is 33.4. The number of allylic oxidation sites excluding steroid dienone is 1. The van der Waals surface area contributed by atoms with Gasteiger partial charge in [-0.3, -0.25) is 9.69 Å². The molecule has 4 rings (SSSR count). The number of carbonyl (C=O) groups is 2. The molecule has 1 fully saturated rings. The largest absolute Gasteiger partial charge is 0.493 e. The van der Waals surface area contributed by atoms with Crippen LogP contribution in [-0.2, 0) is 28.8 Å². The molecule has 2 N–H and O–H groups in total. The van der Waals surface area contributed by atoms with Crippen molar-refractivity contribution in [3.05, 3.63) is 64.2 Å². The molecule has 2 aromatic carbocycles. The van der Waals surface area contributed by atoms with E-state index in [2.05, 4.69) is 5.32 Å². The molecule has 7 nitrogen and oxygen atoms in total. The van der Waals surface area contributed by atoms with Crippen molar-refractivity contribution in [1.29, 1.82) is 0 Å². The number of urea groups is 1. The van der Waals surface area contributed by atoms with Crippen LogP contribution in [0.5, 0.6) is 11.5 Å². The van der Waals surface area contributed by atoms with Gasteiger partial charge in [-0.25, -0.2) is 4.79 Å². The van der Waals surface area contributed by atoms with Gasteiger partial charge in [-0.2, -0.15) is 26.3 Å². The minimum absolute atomic E-state index is 0.0187. The highest BCUT2D eigenvalue weighted by atomic mass is 19.4. The van der Waals surface area contributed by atoms with E-state index in [0.29, 0.717) is 36.6 Å². The maximum absolute atomic E-state index is 13.8. The lowest BCUT2D eigenvalue weighted by atomic mass is 9.84. The third-order valence-electron chi connectivity index (χ3n) is 8.04. The van der Waals surface area contributed by atoms with Gasteiger partial charge >= 0.3 is 18.4 Å². The quantitative estimate of drug-likeness (QED) is 0.158. The Labute approximate surface area is 257 Å². The number of benzene rings is 2. The predicted octanol–water partition coefficient (Wildman–Crippen LogP) is 6.93. The molecule has 1 aliphatic heterocycles. The standard InChI is InChI=1S/C32H36F6N2O5/c1-5-9-20-18-25(30(43,31(33,34)35)32(36,37)38)23-10-8-11-24(23)26(20)44-17-7-6-16-40-27(41)29(4,39-28(40)42)21-12-14-22(15-13-21)45-19(2)3/h5,9,12-15,18-19,43H,6-8,10-11,16-17H2,1-4H3,(H,39,42)/b9-5-. The number of hydrogen-bond donors (Lipinski definition) is 2. The molecule has 45 heavy (non-hydrogen) atoms. The number of nitrogens with zero attached hydrogens (tertiary/aromatic N) is 1. The van der Waals surface area contributed by atoms with Gasteiger partial charge in [0.05, 0.1) is 12.7 Å². The zero-order valence-corrected chi connectivity index (χ0v) is 25.4. The molecule has 2 aliphatic rings. The average Bonchev–Trinajstić information content (AvgIpc) is 3.51. The molecule has 3 amide bonds. The van der Waals surface area contributed by atoms with Gasteiger partial charge in [0.15, 0.2) is 0 Å². The number of rotatable bonds is 11. The Bertz CT molecular complexity index is 1440. The lowest BCUT2D eigenvalue weighted by molar-refractivity contribution is -0.376. The van der Waals surface area contributed by atoms with Crippen molar-refractivity contribution < 1.29 is 50.5 Å². The third kappa shape index (κ3) is 6.36. The van der Waals surface area contributed by atoms with E-state index in [0.717, 1.165) is 4.90 Å². The lowest BCUT2D eigenvalue weighted by Gasteiger charge is -2.34. The van der Waals surface area contributed by atoms with Crippen LogP contribution in [0, 0.1) is 0 Å². The van der Waals surface area contributed by atoms with Crippen molar-refractivity contribution in [3.8, 4) is 11.5 Å². The van der Waals surface area contributed by atoms with Crippen LogP contribution in [0.4, 0.5) is 31.1 Å². The van der Waals surface area contributed by atoms with Crippen molar-refractivity contribution in [3.63, 3.8) is 0 Å². The molecule has 246 valence electrons. The Morgan fingerprint density at radius 3 is 2.22 bits per heavy atom. The van der Waals surface area contributed by atoms with Gasteiger partial charge in [0.2, 0.25) is 0 Å². The number of amides is 3. The molecule has 1 unspecified atom stereocenters. The summed E-state index contributed by atoms with van der Waals surface area (Å²) in [7, 11) is 0. The van der Waals surface area contributed by atoms with Crippen LogP contribution < -0.4 is 14.8 Å². The molecule has 1 heterocycles. The van der Waals surface area contributed by atoms with Crippen molar-refractivity contribution in [1.82, 2.24) is 10.2 Å². The number of halogens is 6. The molecule has 1 saturated heterocycles. The summed E-state index contributed by atoms with van der Waals surface area (Å²) in [6, 6.07) is 7.01. The fourth-order valence-corrected chi connectivity index (χ4v) is 5.82. The maximum Gasteiger partial charge on any atom is 0.430 e. The van der Waals surface area contributed by atoms with E-state index < -0.39 is 41.0 Å². The highest BCUT2D eigenvalue weighted by Gasteiger charge is 2.72. The zero-order valence-electron chi connectivity index (χ0n) is 25.4. The van der Waals surface area contributed by atoms with E-state index >= 15 is 0 Å². The van der Waals surface area contributed by atoms with Crippen molar-refractivity contribution >= 4 is 18.0 Å². The number of unbranched alkanes of at least 4 members (excludes halogenated alkanes) is 1. The highest BCUT2D eigenvalue weighted by Crippen LogP contribution is 2.53. The van der Waals surface area contributed by atoms with Gasteiger partial charge in [0, 0.05) is 17.7 Å². The summed E-state index contributed by atoms with van der Waals surface area (Å²) in [4.78, 5) is 27.1. The van der Waals surface area contributed by atoms with E-state index in [1.54, 1.807) is 38.1 Å². The minimum atomic E-state index is -6.00. The molecule has 0 radical (unpaired) electrons. The van der Waals surface area contributed by atoms with Gasteiger partial charge in [0.25, 0.3) is 11.5 Å². The van der Waals surface area contributed by atoms with Gasteiger partial charge in [-0.15, -0.1) is 0 Å². The van der Waals surface area contributed by atoms with Crippen LogP contribution in [0.15, 0.2) is 36.4 Å². The average molecular weight is 643 g/mol. The Morgan fingerprint density at radius 2 is 1.64 bits per heavy atom. The Kier molecular flexibility index (Phi) is 9.54.